The number of piperidine rings is 2. The summed E-state index contributed by atoms with van der Waals surface area (Å²) in [7, 11) is 0. The SMILES string of the molecule is O=C(O)[C@H]1CCCN(C(=O)C(=O)N2[C@@H]3CC[C@H]2CC(c2ccccc2)C3)C1. The molecular formula is C21H26N2O4. The van der Waals surface area contributed by atoms with Crippen LogP contribution in [0.1, 0.15) is 50.0 Å². The Balaban J connectivity index is 1.44. The first-order valence-corrected chi connectivity index (χ1v) is 9.94. The van der Waals surface area contributed by atoms with Crippen LogP contribution in [-0.2, 0) is 14.4 Å². The molecule has 2 amide bonds. The van der Waals surface area contributed by atoms with Crippen molar-refractivity contribution < 1.29 is 19.5 Å². The molecule has 4 atom stereocenters. The van der Waals surface area contributed by atoms with Crippen LogP contribution in [0.2, 0.25) is 0 Å². The number of carbonyl (C=O) groups is 3. The topological polar surface area (TPSA) is 77.9 Å². The Kier molecular flexibility index (Phi) is 4.89. The molecule has 1 N–H and O–H groups in total. The van der Waals surface area contributed by atoms with Crippen molar-refractivity contribution in [3.05, 3.63) is 35.9 Å². The van der Waals surface area contributed by atoms with Gasteiger partial charge < -0.3 is 14.9 Å². The molecule has 144 valence electrons. The van der Waals surface area contributed by atoms with E-state index in [1.807, 2.05) is 23.1 Å². The lowest BCUT2D eigenvalue weighted by Crippen LogP contribution is -2.54. The van der Waals surface area contributed by atoms with E-state index in [0.717, 1.165) is 25.7 Å². The molecule has 1 aromatic carbocycles. The molecular weight excluding hydrogens is 344 g/mol. The van der Waals surface area contributed by atoms with Crippen molar-refractivity contribution in [1.29, 1.82) is 0 Å². The summed E-state index contributed by atoms with van der Waals surface area (Å²) in [4.78, 5) is 40.3. The highest BCUT2D eigenvalue weighted by Gasteiger charge is 2.46. The van der Waals surface area contributed by atoms with E-state index in [4.69, 9.17) is 0 Å². The Morgan fingerprint density at radius 1 is 0.926 bits per heavy atom. The number of aliphatic carboxylic acids is 1. The fourth-order valence-corrected chi connectivity index (χ4v) is 5.11. The second kappa shape index (κ2) is 7.33. The monoisotopic (exact) mass is 370 g/mol. The fraction of sp³-hybridized carbons (Fsp3) is 0.571. The van der Waals surface area contributed by atoms with Crippen LogP contribution in [-0.4, -0.2) is 57.9 Å². The molecule has 0 aliphatic carbocycles. The summed E-state index contributed by atoms with van der Waals surface area (Å²) in [6, 6.07) is 10.6. The second-order valence-electron chi connectivity index (χ2n) is 8.10. The lowest BCUT2D eigenvalue weighted by molar-refractivity contribution is -0.157. The van der Waals surface area contributed by atoms with Gasteiger partial charge in [-0.05, 0) is 50.0 Å². The third-order valence-corrected chi connectivity index (χ3v) is 6.48. The van der Waals surface area contributed by atoms with Gasteiger partial charge in [0.1, 0.15) is 0 Å². The van der Waals surface area contributed by atoms with Gasteiger partial charge in [-0.25, -0.2) is 0 Å². The molecule has 0 saturated carbocycles. The van der Waals surface area contributed by atoms with E-state index in [1.54, 1.807) is 0 Å². The highest BCUT2D eigenvalue weighted by Crippen LogP contribution is 2.43. The summed E-state index contributed by atoms with van der Waals surface area (Å²) in [5, 5.41) is 9.22. The number of carbonyl (C=O) groups excluding carboxylic acids is 2. The van der Waals surface area contributed by atoms with Crippen LogP contribution in [0.4, 0.5) is 0 Å². The van der Waals surface area contributed by atoms with E-state index in [1.165, 1.54) is 10.5 Å². The average Bonchev–Trinajstić information content (AvgIpc) is 2.96. The molecule has 3 heterocycles. The number of likely N-dealkylation sites (tertiary alicyclic amines) is 1. The molecule has 27 heavy (non-hydrogen) atoms. The summed E-state index contributed by atoms with van der Waals surface area (Å²) in [6.45, 7) is 0.625. The number of fused-ring (bicyclic) bond motifs is 2. The zero-order valence-corrected chi connectivity index (χ0v) is 15.4. The Morgan fingerprint density at radius 2 is 1.59 bits per heavy atom. The van der Waals surface area contributed by atoms with E-state index < -0.39 is 23.7 Å². The predicted octanol–water partition coefficient (Wildman–Crippen LogP) is 2.25. The first kappa shape index (κ1) is 18.0. The maximum absolute atomic E-state index is 13.0. The van der Waals surface area contributed by atoms with Gasteiger partial charge in [0.15, 0.2) is 0 Å². The van der Waals surface area contributed by atoms with Crippen molar-refractivity contribution in [3.63, 3.8) is 0 Å². The van der Waals surface area contributed by atoms with Gasteiger partial charge in [-0.2, -0.15) is 0 Å². The van der Waals surface area contributed by atoms with Gasteiger partial charge >= 0.3 is 17.8 Å². The number of benzene rings is 1. The quantitative estimate of drug-likeness (QED) is 0.810. The zero-order valence-electron chi connectivity index (χ0n) is 15.4. The number of rotatable bonds is 2. The van der Waals surface area contributed by atoms with Gasteiger partial charge in [0.2, 0.25) is 0 Å². The van der Waals surface area contributed by atoms with Gasteiger partial charge in [0.25, 0.3) is 0 Å². The van der Waals surface area contributed by atoms with Crippen LogP contribution >= 0.6 is 0 Å². The molecule has 0 spiro atoms. The fourth-order valence-electron chi connectivity index (χ4n) is 5.11. The van der Waals surface area contributed by atoms with Crippen LogP contribution in [0.5, 0.6) is 0 Å². The minimum atomic E-state index is -0.885. The van der Waals surface area contributed by atoms with Crippen molar-refractivity contribution in [3.8, 4) is 0 Å². The normalized spacial score (nSPS) is 30.2. The van der Waals surface area contributed by atoms with Gasteiger partial charge in [-0.3, -0.25) is 14.4 Å². The summed E-state index contributed by atoms with van der Waals surface area (Å²) < 4.78 is 0. The number of amides is 2. The van der Waals surface area contributed by atoms with Crippen molar-refractivity contribution in [2.45, 2.75) is 56.5 Å². The standard InChI is InChI=1S/C21H26N2O4/c24-19(22-10-4-7-15(13-22)21(26)27)20(25)23-17-8-9-18(23)12-16(11-17)14-5-2-1-3-6-14/h1-3,5-6,15-18H,4,7-13H2,(H,26,27)/t15-,16?,17-,18+/m0/s1. The van der Waals surface area contributed by atoms with Crippen LogP contribution < -0.4 is 0 Å². The first-order valence-electron chi connectivity index (χ1n) is 9.94. The van der Waals surface area contributed by atoms with E-state index in [0.29, 0.717) is 25.3 Å². The van der Waals surface area contributed by atoms with Crippen molar-refractivity contribution in [2.24, 2.45) is 5.92 Å². The maximum Gasteiger partial charge on any atom is 0.312 e. The molecule has 2 bridgehead atoms. The second-order valence-corrected chi connectivity index (χ2v) is 8.10. The molecule has 0 aromatic heterocycles. The molecule has 0 radical (unpaired) electrons. The molecule has 3 saturated heterocycles. The molecule has 6 heteroatoms. The van der Waals surface area contributed by atoms with Crippen LogP contribution in [0, 0.1) is 5.92 Å². The Morgan fingerprint density at radius 3 is 2.22 bits per heavy atom. The highest BCUT2D eigenvalue weighted by atomic mass is 16.4. The van der Waals surface area contributed by atoms with Crippen LogP contribution in [0.3, 0.4) is 0 Å². The van der Waals surface area contributed by atoms with E-state index in [2.05, 4.69) is 12.1 Å². The maximum atomic E-state index is 13.0. The smallest absolute Gasteiger partial charge is 0.312 e. The highest BCUT2D eigenvalue weighted by molar-refractivity contribution is 6.35. The van der Waals surface area contributed by atoms with Crippen molar-refractivity contribution in [1.82, 2.24) is 9.80 Å². The minimum Gasteiger partial charge on any atom is -0.481 e. The number of carboxylic acid groups (broad SMARTS) is 1. The number of hydrogen-bond acceptors (Lipinski definition) is 3. The predicted molar refractivity (Wildman–Crippen MR) is 99.0 cm³/mol. The minimum absolute atomic E-state index is 0.116. The van der Waals surface area contributed by atoms with E-state index >= 15 is 0 Å². The Labute approximate surface area is 159 Å². The summed E-state index contributed by atoms with van der Waals surface area (Å²) in [6.07, 6.45) is 4.91. The number of hydrogen-bond donors (Lipinski definition) is 1. The zero-order chi connectivity index (χ0) is 19.0. The Bertz CT molecular complexity index is 721. The molecule has 3 aliphatic heterocycles. The first-order chi connectivity index (χ1) is 13.0. The molecule has 6 nitrogen and oxygen atoms in total. The van der Waals surface area contributed by atoms with Crippen molar-refractivity contribution in [2.75, 3.05) is 13.1 Å². The van der Waals surface area contributed by atoms with Crippen LogP contribution in [0.15, 0.2) is 30.3 Å². The third-order valence-electron chi connectivity index (χ3n) is 6.48. The van der Waals surface area contributed by atoms with E-state index in [-0.39, 0.29) is 18.6 Å². The largest absolute Gasteiger partial charge is 0.481 e. The molecule has 3 aliphatic rings. The van der Waals surface area contributed by atoms with Gasteiger partial charge in [-0.1, -0.05) is 30.3 Å². The van der Waals surface area contributed by atoms with Gasteiger partial charge in [-0.15, -0.1) is 0 Å². The van der Waals surface area contributed by atoms with Gasteiger partial charge in [0, 0.05) is 25.2 Å². The third kappa shape index (κ3) is 3.45. The summed E-state index contributed by atoms with van der Waals surface area (Å²) in [5.41, 5.74) is 1.31. The summed E-state index contributed by atoms with van der Waals surface area (Å²) >= 11 is 0. The molecule has 3 fully saturated rings. The van der Waals surface area contributed by atoms with Crippen LogP contribution in [0.25, 0.3) is 0 Å². The summed E-state index contributed by atoms with van der Waals surface area (Å²) in [5.74, 6) is -1.95. The molecule has 1 aromatic rings. The molecule has 4 rings (SSSR count). The lowest BCUT2D eigenvalue weighted by atomic mass is 9.85. The van der Waals surface area contributed by atoms with Crippen molar-refractivity contribution >= 4 is 17.8 Å². The van der Waals surface area contributed by atoms with Gasteiger partial charge in [0.05, 0.1) is 5.92 Å². The average molecular weight is 370 g/mol. The lowest BCUT2D eigenvalue weighted by Gasteiger charge is -2.40. The van der Waals surface area contributed by atoms with E-state index in [9.17, 15) is 19.5 Å². The number of nitrogens with zero attached hydrogens (tertiary/aromatic N) is 2. The Hall–Kier alpha value is -2.37. The molecule has 1 unspecified atom stereocenters. The number of carboxylic acids is 1.